The maximum Gasteiger partial charge on any atom is 0.244 e. The van der Waals surface area contributed by atoms with E-state index in [9.17, 15) is 8.42 Å². The molecule has 1 aliphatic rings. The highest BCUT2D eigenvalue weighted by Crippen LogP contribution is 2.17. The van der Waals surface area contributed by atoms with E-state index in [-0.39, 0.29) is 4.90 Å². The minimum Gasteiger partial charge on any atom is -0.370 e. The second kappa shape index (κ2) is 7.46. The minimum atomic E-state index is -3.48. The molecular weight excluding hydrogens is 344 g/mol. The van der Waals surface area contributed by atoms with E-state index in [0.29, 0.717) is 43.6 Å². The van der Waals surface area contributed by atoms with Crippen molar-refractivity contribution in [2.24, 2.45) is 0 Å². The highest BCUT2D eigenvalue weighted by molar-refractivity contribution is 7.89. The molecule has 0 atom stereocenters. The molecule has 10 heteroatoms. The summed E-state index contributed by atoms with van der Waals surface area (Å²) in [5, 5.41) is 6.84. The number of sulfonamides is 1. The lowest BCUT2D eigenvalue weighted by Gasteiger charge is -2.31. The first-order valence-corrected chi connectivity index (χ1v) is 9.57. The summed E-state index contributed by atoms with van der Waals surface area (Å²) >= 11 is 0. The molecule has 0 aromatic carbocycles. The van der Waals surface area contributed by atoms with Gasteiger partial charge in [0.05, 0.1) is 0 Å². The Hall–Kier alpha value is -2.04. The van der Waals surface area contributed by atoms with Gasteiger partial charge in [-0.1, -0.05) is 5.16 Å². The van der Waals surface area contributed by atoms with Crippen molar-refractivity contribution in [1.82, 2.24) is 24.3 Å². The minimum absolute atomic E-state index is 0.218. The van der Waals surface area contributed by atoms with Crippen molar-refractivity contribution in [3.05, 3.63) is 30.0 Å². The van der Waals surface area contributed by atoms with Crippen molar-refractivity contribution in [3.8, 4) is 0 Å². The number of pyridine rings is 1. The summed E-state index contributed by atoms with van der Waals surface area (Å²) in [4.78, 5) is 10.6. The van der Waals surface area contributed by atoms with E-state index in [1.807, 2.05) is 7.05 Å². The molecule has 2 aromatic heterocycles. The first kappa shape index (κ1) is 17.8. The average molecular weight is 366 g/mol. The third-order valence-corrected chi connectivity index (χ3v) is 5.93. The molecule has 2 aromatic rings. The fraction of sp³-hybridized carbons (Fsp3) is 0.533. The number of aryl methyl sites for hydroxylation is 1. The molecule has 0 unspecified atom stereocenters. The van der Waals surface area contributed by atoms with Crippen molar-refractivity contribution in [3.63, 3.8) is 0 Å². The molecule has 0 bridgehead atoms. The van der Waals surface area contributed by atoms with E-state index >= 15 is 0 Å². The van der Waals surface area contributed by atoms with Gasteiger partial charge in [0, 0.05) is 45.3 Å². The Kier molecular flexibility index (Phi) is 5.30. The first-order valence-electron chi connectivity index (χ1n) is 8.13. The van der Waals surface area contributed by atoms with Crippen LogP contribution in [0.3, 0.4) is 0 Å². The molecule has 3 rings (SSSR count). The van der Waals surface area contributed by atoms with Crippen LogP contribution in [0.4, 0.5) is 5.82 Å². The van der Waals surface area contributed by atoms with Crippen LogP contribution in [0.1, 0.15) is 11.7 Å². The normalized spacial score (nSPS) is 16.9. The number of anilines is 1. The monoisotopic (exact) mass is 366 g/mol. The molecule has 1 fully saturated rings. The summed E-state index contributed by atoms with van der Waals surface area (Å²) in [5.74, 6) is 1.76. The molecule has 0 saturated carbocycles. The fourth-order valence-corrected chi connectivity index (χ4v) is 3.92. The Morgan fingerprint density at radius 3 is 2.60 bits per heavy atom. The van der Waals surface area contributed by atoms with Gasteiger partial charge in [-0.2, -0.15) is 9.29 Å². The molecule has 0 radical (unpaired) electrons. The molecule has 1 saturated heterocycles. The van der Waals surface area contributed by atoms with Gasteiger partial charge in [-0.05, 0) is 26.1 Å². The van der Waals surface area contributed by atoms with Crippen molar-refractivity contribution in [2.45, 2.75) is 18.2 Å². The lowest BCUT2D eigenvalue weighted by molar-refractivity contribution is 0.222. The van der Waals surface area contributed by atoms with E-state index in [2.05, 4.69) is 25.3 Å². The van der Waals surface area contributed by atoms with Gasteiger partial charge in [0.15, 0.2) is 5.82 Å². The predicted octanol–water partition coefficient (Wildman–Crippen LogP) is 0.364. The number of hydrogen-bond acceptors (Lipinski definition) is 8. The van der Waals surface area contributed by atoms with Gasteiger partial charge in [0.1, 0.15) is 10.7 Å². The molecule has 1 aliphatic heterocycles. The number of hydrogen-bond donors (Lipinski definition) is 1. The van der Waals surface area contributed by atoms with Crippen molar-refractivity contribution in [1.29, 1.82) is 0 Å². The van der Waals surface area contributed by atoms with E-state index in [1.165, 1.54) is 10.5 Å². The predicted molar refractivity (Wildman–Crippen MR) is 91.7 cm³/mol. The highest BCUT2D eigenvalue weighted by atomic mass is 32.2. The molecule has 136 valence electrons. The van der Waals surface area contributed by atoms with E-state index < -0.39 is 10.0 Å². The summed E-state index contributed by atoms with van der Waals surface area (Å²) < 4.78 is 31.8. The highest BCUT2D eigenvalue weighted by Gasteiger charge is 2.27. The van der Waals surface area contributed by atoms with Crippen LogP contribution in [-0.4, -0.2) is 72.5 Å². The summed E-state index contributed by atoms with van der Waals surface area (Å²) in [7, 11) is -1.49. The molecule has 0 amide bonds. The maximum absolute atomic E-state index is 12.6. The largest absolute Gasteiger partial charge is 0.370 e. The molecule has 0 spiro atoms. The lowest BCUT2D eigenvalue weighted by atomic mass is 10.4. The summed E-state index contributed by atoms with van der Waals surface area (Å²) in [6.07, 6.45) is 1.97. The molecule has 3 heterocycles. The Labute approximate surface area is 147 Å². The van der Waals surface area contributed by atoms with Gasteiger partial charge in [-0.15, -0.1) is 0 Å². The summed E-state index contributed by atoms with van der Waals surface area (Å²) in [6.45, 7) is 4.81. The van der Waals surface area contributed by atoms with Gasteiger partial charge in [0.2, 0.25) is 15.9 Å². The first-order chi connectivity index (χ1) is 11.9. The number of nitrogens with one attached hydrogen (secondary N) is 1. The average Bonchev–Trinajstić information content (AvgIpc) is 3.01. The summed E-state index contributed by atoms with van der Waals surface area (Å²) in [6, 6.07) is 3.25. The SMILES string of the molecule is Cc1noc(CCNc2ccc(S(=O)(=O)N3CCN(C)CC3)cn2)n1. The zero-order valence-corrected chi connectivity index (χ0v) is 15.2. The van der Waals surface area contributed by atoms with Gasteiger partial charge < -0.3 is 14.7 Å². The molecule has 1 N–H and O–H groups in total. The smallest absolute Gasteiger partial charge is 0.244 e. The Balaban J connectivity index is 1.57. The zero-order chi connectivity index (χ0) is 17.9. The van der Waals surface area contributed by atoms with Crippen LogP contribution in [-0.2, 0) is 16.4 Å². The third-order valence-electron chi connectivity index (χ3n) is 4.05. The van der Waals surface area contributed by atoms with Crippen LogP contribution in [0.5, 0.6) is 0 Å². The third kappa shape index (κ3) is 4.33. The molecule has 9 nitrogen and oxygen atoms in total. The Morgan fingerprint density at radius 2 is 2.00 bits per heavy atom. The maximum atomic E-state index is 12.6. The lowest BCUT2D eigenvalue weighted by Crippen LogP contribution is -2.47. The van der Waals surface area contributed by atoms with Crippen LogP contribution < -0.4 is 5.32 Å². The van der Waals surface area contributed by atoms with E-state index in [1.54, 1.807) is 19.1 Å². The number of piperazine rings is 1. The van der Waals surface area contributed by atoms with Gasteiger partial charge >= 0.3 is 0 Å². The van der Waals surface area contributed by atoms with Crippen LogP contribution in [0.15, 0.2) is 27.7 Å². The number of rotatable bonds is 6. The Morgan fingerprint density at radius 1 is 1.24 bits per heavy atom. The van der Waals surface area contributed by atoms with Crippen molar-refractivity contribution < 1.29 is 12.9 Å². The Bertz CT molecular complexity index is 797. The molecule has 0 aliphatic carbocycles. The van der Waals surface area contributed by atoms with Crippen LogP contribution in [0, 0.1) is 6.92 Å². The van der Waals surface area contributed by atoms with Gasteiger partial charge in [-0.3, -0.25) is 0 Å². The van der Waals surface area contributed by atoms with Gasteiger partial charge in [-0.25, -0.2) is 13.4 Å². The summed E-state index contributed by atoms with van der Waals surface area (Å²) in [5.41, 5.74) is 0. The molecule has 25 heavy (non-hydrogen) atoms. The van der Waals surface area contributed by atoms with Crippen LogP contribution >= 0.6 is 0 Å². The number of aromatic nitrogens is 3. The van der Waals surface area contributed by atoms with Gasteiger partial charge in [0.25, 0.3) is 0 Å². The van der Waals surface area contributed by atoms with Crippen molar-refractivity contribution >= 4 is 15.8 Å². The second-order valence-electron chi connectivity index (χ2n) is 6.00. The quantitative estimate of drug-likeness (QED) is 0.782. The standard InChI is InChI=1S/C15H22N6O3S/c1-12-18-15(24-19-12)5-6-16-14-4-3-13(11-17-14)25(22,23)21-9-7-20(2)8-10-21/h3-4,11H,5-10H2,1-2H3,(H,16,17). The van der Waals surface area contributed by atoms with Crippen LogP contribution in [0.25, 0.3) is 0 Å². The van der Waals surface area contributed by atoms with E-state index in [4.69, 9.17) is 4.52 Å². The fourth-order valence-electron chi connectivity index (χ4n) is 2.55. The number of nitrogens with zero attached hydrogens (tertiary/aromatic N) is 5. The topological polar surface area (TPSA) is 104 Å². The van der Waals surface area contributed by atoms with Crippen LogP contribution in [0.2, 0.25) is 0 Å². The second-order valence-corrected chi connectivity index (χ2v) is 7.94. The van der Waals surface area contributed by atoms with E-state index in [0.717, 1.165) is 13.1 Å². The number of likely N-dealkylation sites (N-methyl/N-ethyl adjacent to an activating group) is 1. The molecular formula is C15H22N6O3S. The zero-order valence-electron chi connectivity index (χ0n) is 14.3. The van der Waals surface area contributed by atoms with Crippen molar-refractivity contribution in [2.75, 3.05) is 45.1 Å².